The van der Waals surface area contributed by atoms with Gasteiger partial charge in [-0.3, -0.25) is 14.5 Å². The molecule has 0 bridgehead atoms. The van der Waals surface area contributed by atoms with Crippen LogP contribution in [-0.2, 0) is 20.7 Å². The third-order valence-corrected chi connectivity index (χ3v) is 5.03. The zero-order chi connectivity index (χ0) is 21.5. The number of anilines is 1. The molecule has 1 aliphatic rings. The van der Waals surface area contributed by atoms with Crippen molar-refractivity contribution in [2.45, 2.75) is 26.2 Å². The second kappa shape index (κ2) is 10.1. The monoisotopic (exact) mass is 426 g/mol. The van der Waals surface area contributed by atoms with Crippen LogP contribution in [0.1, 0.15) is 35.7 Å². The van der Waals surface area contributed by atoms with Crippen LogP contribution < -0.4 is 5.32 Å². The molecule has 0 spiro atoms. The fourth-order valence-electron chi connectivity index (χ4n) is 3.00. The van der Waals surface area contributed by atoms with Gasteiger partial charge in [0.25, 0.3) is 11.8 Å². The van der Waals surface area contributed by atoms with Gasteiger partial charge in [-0.15, -0.1) is 0 Å². The lowest BCUT2D eigenvalue weighted by molar-refractivity contribution is -0.137. The Hall–Kier alpha value is -3.12. The van der Waals surface area contributed by atoms with Gasteiger partial charge < -0.3 is 10.1 Å². The summed E-state index contributed by atoms with van der Waals surface area (Å²) in [5.74, 6) is -1.46. The van der Waals surface area contributed by atoms with E-state index >= 15 is 0 Å². The van der Waals surface area contributed by atoms with E-state index in [0.29, 0.717) is 24.3 Å². The third kappa shape index (κ3) is 5.07. The Bertz CT molecular complexity index is 972. The predicted molar refractivity (Wildman–Crippen MR) is 115 cm³/mol. The molecule has 3 rings (SSSR count). The molecule has 1 heterocycles. The SMILES string of the molecule is CCCCOC(=O)c1cccc(NC2=C(Cl)C(=O)N(CCc3ccccc3)C2=O)c1. The minimum absolute atomic E-state index is 0.00577. The number of amides is 2. The van der Waals surface area contributed by atoms with Crippen molar-refractivity contribution < 1.29 is 19.1 Å². The molecule has 2 aromatic rings. The van der Waals surface area contributed by atoms with E-state index in [4.69, 9.17) is 16.3 Å². The molecule has 1 N–H and O–H groups in total. The van der Waals surface area contributed by atoms with E-state index in [2.05, 4.69) is 5.32 Å². The molecule has 0 fully saturated rings. The Balaban J connectivity index is 1.67. The summed E-state index contributed by atoms with van der Waals surface area (Å²) in [6, 6.07) is 16.1. The van der Waals surface area contributed by atoms with E-state index in [1.165, 1.54) is 0 Å². The quantitative estimate of drug-likeness (QED) is 0.371. The molecule has 0 aromatic heterocycles. The van der Waals surface area contributed by atoms with Gasteiger partial charge >= 0.3 is 5.97 Å². The minimum atomic E-state index is -0.532. The topological polar surface area (TPSA) is 75.7 Å². The highest BCUT2D eigenvalue weighted by Crippen LogP contribution is 2.26. The van der Waals surface area contributed by atoms with Gasteiger partial charge in [-0.25, -0.2) is 4.79 Å². The number of ether oxygens (including phenoxy) is 1. The van der Waals surface area contributed by atoms with Crippen LogP contribution in [0.4, 0.5) is 5.69 Å². The number of carbonyl (C=O) groups excluding carboxylic acids is 3. The summed E-state index contributed by atoms with van der Waals surface area (Å²) in [7, 11) is 0. The summed E-state index contributed by atoms with van der Waals surface area (Å²) in [6.07, 6.45) is 2.26. The zero-order valence-electron chi connectivity index (χ0n) is 16.7. The molecule has 1 aliphatic heterocycles. The first-order valence-electron chi connectivity index (χ1n) is 9.85. The van der Waals surface area contributed by atoms with Crippen molar-refractivity contribution in [1.29, 1.82) is 0 Å². The predicted octanol–water partition coefficient (Wildman–Crippen LogP) is 4.12. The Morgan fingerprint density at radius 3 is 2.57 bits per heavy atom. The standard InChI is InChI=1S/C23H23ClN2O4/c1-2-3-14-30-23(29)17-10-7-11-18(15-17)25-20-19(24)21(27)26(22(20)28)13-12-16-8-5-4-6-9-16/h4-11,15,25H,2-3,12-14H2,1H3. The summed E-state index contributed by atoms with van der Waals surface area (Å²) in [4.78, 5) is 38.5. The van der Waals surface area contributed by atoms with Crippen molar-refractivity contribution in [3.8, 4) is 0 Å². The Morgan fingerprint density at radius 2 is 1.83 bits per heavy atom. The van der Waals surface area contributed by atoms with Gasteiger partial charge in [0.15, 0.2) is 0 Å². The summed E-state index contributed by atoms with van der Waals surface area (Å²) < 4.78 is 5.21. The lowest BCUT2D eigenvalue weighted by Crippen LogP contribution is -2.34. The van der Waals surface area contributed by atoms with Gasteiger partial charge in [-0.2, -0.15) is 0 Å². The van der Waals surface area contributed by atoms with E-state index in [1.807, 2.05) is 37.3 Å². The van der Waals surface area contributed by atoms with E-state index in [9.17, 15) is 14.4 Å². The number of carbonyl (C=O) groups is 3. The lowest BCUT2D eigenvalue weighted by Gasteiger charge is -2.15. The second-order valence-corrected chi connectivity index (χ2v) is 7.26. The number of unbranched alkanes of at least 4 members (excludes halogenated alkanes) is 1. The van der Waals surface area contributed by atoms with E-state index in [-0.39, 0.29) is 17.3 Å². The van der Waals surface area contributed by atoms with Crippen molar-refractivity contribution in [3.63, 3.8) is 0 Å². The number of benzene rings is 2. The summed E-state index contributed by atoms with van der Waals surface area (Å²) in [5, 5.41) is 2.73. The van der Waals surface area contributed by atoms with Crippen LogP contribution in [0.25, 0.3) is 0 Å². The highest BCUT2D eigenvalue weighted by Gasteiger charge is 2.37. The smallest absolute Gasteiger partial charge is 0.338 e. The van der Waals surface area contributed by atoms with Crippen molar-refractivity contribution >= 4 is 35.1 Å². The maximum absolute atomic E-state index is 12.8. The average Bonchev–Trinajstić information content (AvgIpc) is 2.96. The molecule has 156 valence electrons. The molecular formula is C23H23ClN2O4. The molecular weight excluding hydrogens is 404 g/mol. The van der Waals surface area contributed by atoms with Gasteiger partial charge in [0, 0.05) is 12.2 Å². The minimum Gasteiger partial charge on any atom is -0.462 e. The molecule has 0 aliphatic carbocycles. The second-order valence-electron chi connectivity index (χ2n) is 6.88. The van der Waals surface area contributed by atoms with Crippen molar-refractivity contribution in [1.82, 2.24) is 4.90 Å². The molecule has 30 heavy (non-hydrogen) atoms. The number of esters is 1. The molecule has 2 amide bonds. The number of imide groups is 1. The van der Waals surface area contributed by atoms with Gasteiger partial charge in [-0.05, 0) is 36.6 Å². The first kappa shape index (κ1) is 21.6. The molecule has 6 nitrogen and oxygen atoms in total. The average molecular weight is 427 g/mol. The number of hydrogen-bond acceptors (Lipinski definition) is 5. The molecule has 0 unspecified atom stereocenters. The van der Waals surface area contributed by atoms with Crippen LogP contribution >= 0.6 is 11.6 Å². The molecule has 0 saturated heterocycles. The van der Waals surface area contributed by atoms with Crippen molar-refractivity contribution in [2.75, 3.05) is 18.5 Å². The summed E-state index contributed by atoms with van der Waals surface area (Å²) >= 11 is 6.15. The molecule has 7 heteroatoms. The van der Waals surface area contributed by atoms with Gasteiger partial charge in [0.1, 0.15) is 10.7 Å². The van der Waals surface area contributed by atoms with Gasteiger partial charge in [0.05, 0.1) is 12.2 Å². The number of nitrogens with one attached hydrogen (secondary N) is 1. The number of rotatable bonds is 9. The fourth-order valence-corrected chi connectivity index (χ4v) is 3.23. The normalized spacial score (nSPS) is 13.7. The summed E-state index contributed by atoms with van der Waals surface area (Å²) in [6.45, 7) is 2.60. The lowest BCUT2D eigenvalue weighted by atomic mass is 10.1. The van der Waals surface area contributed by atoms with Crippen LogP contribution in [0.3, 0.4) is 0 Å². The highest BCUT2D eigenvalue weighted by molar-refractivity contribution is 6.48. The van der Waals surface area contributed by atoms with Crippen LogP contribution in [0.2, 0.25) is 0 Å². The Morgan fingerprint density at radius 1 is 1.07 bits per heavy atom. The first-order valence-corrected chi connectivity index (χ1v) is 10.2. The molecule has 0 radical (unpaired) electrons. The van der Waals surface area contributed by atoms with Crippen LogP contribution in [0.15, 0.2) is 65.3 Å². The molecule has 0 saturated carbocycles. The third-order valence-electron chi connectivity index (χ3n) is 4.68. The van der Waals surface area contributed by atoms with Crippen LogP contribution in [-0.4, -0.2) is 35.8 Å². The van der Waals surface area contributed by atoms with E-state index < -0.39 is 17.8 Å². The zero-order valence-corrected chi connectivity index (χ0v) is 17.4. The van der Waals surface area contributed by atoms with Crippen molar-refractivity contribution in [2.24, 2.45) is 0 Å². The van der Waals surface area contributed by atoms with Gasteiger partial charge in [0.2, 0.25) is 0 Å². The fraction of sp³-hybridized carbons (Fsp3) is 0.261. The molecule has 0 atom stereocenters. The number of hydrogen-bond donors (Lipinski definition) is 1. The largest absolute Gasteiger partial charge is 0.462 e. The van der Waals surface area contributed by atoms with Crippen LogP contribution in [0.5, 0.6) is 0 Å². The maximum atomic E-state index is 12.8. The van der Waals surface area contributed by atoms with Crippen LogP contribution in [0, 0.1) is 0 Å². The summed E-state index contributed by atoms with van der Waals surface area (Å²) in [5.41, 5.74) is 1.85. The van der Waals surface area contributed by atoms with Gasteiger partial charge in [-0.1, -0.05) is 61.3 Å². The number of nitrogens with zero attached hydrogens (tertiary/aromatic N) is 1. The van der Waals surface area contributed by atoms with Crippen molar-refractivity contribution in [3.05, 3.63) is 76.5 Å². The van der Waals surface area contributed by atoms with E-state index in [1.54, 1.807) is 24.3 Å². The highest BCUT2D eigenvalue weighted by atomic mass is 35.5. The molecule has 2 aromatic carbocycles. The maximum Gasteiger partial charge on any atom is 0.338 e. The Labute approximate surface area is 180 Å². The Kier molecular flexibility index (Phi) is 7.25. The first-order chi connectivity index (χ1) is 14.5. The van der Waals surface area contributed by atoms with E-state index in [0.717, 1.165) is 23.3 Å². The number of halogens is 1.